The first kappa shape index (κ1) is 13.6. The molecule has 2 rings (SSSR count). The Labute approximate surface area is 116 Å². The Bertz CT molecular complexity index is 518. The van der Waals surface area contributed by atoms with E-state index in [2.05, 4.69) is 32.9 Å². The van der Waals surface area contributed by atoms with Crippen LogP contribution in [0.25, 0.3) is 0 Å². The van der Waals surface area contributed by atoms with Gasteiger partial charge in [-0.2, -0.15) is 0 Å². The van der Waals surface area contributed by atoms with Crippen molar-refractivity contribution in [1.29, 1.82) is 0 Å². The van der Waals surface area contributed by atoms with E-state index in [1.54, 1.807) is 24.6 Å². The van der Waals surface area contributed by atoms with Crippen LogP contribution in [0.3, 0.4) is 0 Å². The third-order valence-corrected chi connectivity index (χ3v) is 3.61. The van der Waals surface area contributed by atoms with Crippen molar-refractivity contribution in [2.24, 2.45) is 4.99 Å². The summed E-state index contributed by atoms with van der Waals surface area (Å²) in [7, 11) is 1.75. The molecule has 0 amide bonds. The lowest BCUT2D eigenvalue weighted by molar-refractivity contribution is 0.501. The number of aromatic nitrogens is 1. The maximum absolute atomic E-state index is 5.25. The number of rotatable bonds is 5. The third-order valence-electron chi connectivity index (χ3n) is 2.57. The van der Waals surface area contributed by atoms with Crippen LogP contribution in [-0.4, -0.2) is 18.0 Å². The molecule has 0 aliphatic heterocycles. The molecule has 2 heterocycles. The predicted octanol–water partition coefficient (Wildman–Crippen LogP) is 2.16. The molecular formula is C13H18N4OS. The molecule has 0 aliphatic rings. The topological polar surface area (TPSA) is 62.5 Å². The van der Waals surface area contributed by atoms with Gasteiger partial charge >= 0.3 is 0 Å². The molecule has 0 saturated heterocycles. The van der Waals surface area contributed by atoms with Crippen molar-refractivity contribution in [1.82, 2.24) is 15.6 Å². The van der Waals surface area contributed by atoms with Crippen LogP contribution < -0.4 is 10.6 Å². The Morgan fingerprint density at radius 2 is 2.26 bits per heavy atom. The summed E-state index contributed by atoms with van der Waals surface area (Å²) in [4.78, 5) is 8.66. The number of aliphatic imine (C=N–C) groups is 1. The van der Waals surface area contributed by atoms with E-state index in [0.717, 1.165) is 28.8 Å². The minimum absolute atomic E-state index is 0.615. The fraction of sp³-hybridized carbons (Fsp3) is 0.385. The van der Waals surface area contributed by atoms with Crippen molar-refractivity contribution in [3.05, 3.63) is 40.2 Å². The second-order valence-corrected chi connectivity index (χ2v) is 4.89. The number of aryl methyl sites for hydroxylation is 1. The van der Waals surface area contributed by atoms with E-state index in [0.29, 0.717) is 13.1 Å². The lowest BCUT2D eigenvalue weighted by atomic mass is 10.4. The third kappa shape index (κ3) is 4.10. The van der Waals surface area contributed by atoms with Crippen LogP contribution in [-0.2, 0) is 19.5 Å². The van der Waals surface area contributed by atoms with Crippen LogP contribution in [0.2, 0.25) is 0 Å². The molecule has 6 heteroatoms. The molecule has 102 valence electrons. The van der Waals surface area contributed by atoms with Crippen molar-refractivity contribution < 1.29 is 4.42 Å². The number of thiazole rings is 1. The van der Waals surface area contributed by atoms with Gasteiger partial charge in [0, 0.05) is 12.4 Å². The molecule has 0 radical (unpaired) electrons. The zero-order valence-corrected chi connectivity index (χ0v) is 12.0. The van der Waals surface area contributed by atoms with Crippen molar-refractivity contribution in [3.8, 4) is 0 Å². The van der Waals surface area contributed by atoms with Gasteiger partial charge in [-0.05, 0) is 18.6 Å². The molecule has 0 aliphatic carbocycles. The lowest BCUT2D eigenvalue weighted by Gasteiger charge is -2.09. The number of hydrogen-bond acceptors (Lipinski definition) is 4. The largest absolute Gasteiger partial charge is 0.467 e. The maximum atomic E-state index is 5.25. The number of nitrogens with one attached hydrogen (secondary N) is 2. The average Bonchev–Trinajstić information content (AvgIpc) is 3.10. The van der Waals surface area contributed by atoms with E-state index >= 15 is 0 Å². The van der Waals surface area contributed by atoms with Crippen LogP contribution in [0.4, 0.5) is 0 Å². The van der Waals surface area contributed by atoms with Crippen LogP contribution in [0.1, 0.15) is 23.4 Å². The number of guanidine groups is 1. The Morgan fingerprint density at radius 1 is 1.42 bits per heavy atom. The lowest BCUT2D eigenvalue weighted by Crippen LogP contribution is -2.36. The van der Waals surface area contributed by atoms with E-state index in [-0.39, 0.29) is 0 Å². The average molecular weight is 278 g/mol. The van der Waals surface area contributed by atoms with Gasteiger partial charge in [0.2, 0.25) is 0 Å². The molecule has 0 bridgehead atoms. The first-order valence-electron chi connectivity index (χ1n) is 6.22. The van der Waals surface area contributed by atoms with E-state index in [4.69, 9.17) is 4.42 Å². The van der Waals surface area contributed by atoms with Crippen LogP contribution in [0, 0.1) is 0 Å². The summed E-state index contributed by atoms with van der Waals surface area (Å²) in [6, 6.07) is 3.79. The minimum atomic E-state index is 0.615. The summed E-state index contributed by atoms with van der Waals surface area (Å²) in [6.07, 6.45) is 2.64. The molecule has 2 aromatic heterocycles. The predicted molar refractivity (Wildman–Crippen MR) is 77.2 cm³/mol. The monoisotopic (exact) mass is 278 g/mol. The van der Waals surface area contributed by atoms with E-state index in [1.807, 2.05) is 12.1 Å². The fourth-order valence-electron chi connectivity index (χ4n) is 1.57. The van der Waals surface area contributed by atoms with Crippen LogP contribution in [0.15, 0.2) is 33.2 Å². The SMILES string of the molecule is CCc1nc(CNC(=NC)NCc2ccco2)cs1. The van der Waals surface area contributed by atoms with E-state index < -0.39 is 0 Å². The van der Waals surface area contributed by atoms with Gasteiger partial charge in [0.25, 0.3) is 0 Å². The summed E-state index contributed by atoms with van der Waals surface area (Å²) in [5.74, 6) is 1.62. The van der Waals surface area contributed by atoms with Gasteiger partial charge in [0.1, 0.15) is 5.76 Å². The Balaban J connectivity index is 1.79. The molecule has 0 atom stereocenters. The normalized spacial score (nSPS) is 11.6. The maximum Gasteiger partial charge on any atom is 0.191 e. The van der Waals surface area contributed by atoms with Crippen molar-refractivity contribution >= 4 is 17.3 Å². The molecule has 5 nitrogen and oxygen atoms in total. The smallest absolute Gasteiger partial charge is 0.191 e. The zero-order chi connectivity index (χ0) is 13.5. The van der Waals surface area contributed by atoms with Crippen LogP contribution >= 0.6 is 11.3 Å². The second-order valence-electron chi connectivity index (χ2n) is 3.94. The van der Waals surface area contributed by atoms with Crippen molar-refractivity contribution in [2.45, 2.75) is 26.4 Å². The van der Waals surface area contributed by atoms with Gasteiger partial charge in [-0.15, -0.1) is 11.3 Å². The summed E-state index contributed by atoms with van der Waals surface area (Å²) >= 11 is 1.69. The van der Waals surface area contributed by atoms with Gasteiger partial charge in [0.05, 0.1) is 30.1 Å². The molecule has 0 unspecified atom stereocenters. The van der Waals surface area contributed by atoms with E-state index in [1.165, 1.54) is 0 Å². The van der Waals surface area contributed by atoms with Crippen LogP contribution in [0.5, 0.6) is 0 Å². The summed E-state index contributed by atoms with van der Waals surface area (Å²) in [5, 5.41) is 9.65. The summed E-state index contributed by atoms with van der Waals surface area (Å²) in [6.45, 7) is 3.40. The number of nitrogens with zero attached hydrogens (tertiary/aromatic N) is 2. The van der Waals surface area contributed by atoms with Gasteiger partial charge < -0.3 is 15.1 Å². The molecular weight excluding hydrogens is 260 g/mol. The molecule has 2 aromatic rings. The summed E-state index contributed by atoms with van der Waals surface area (Å²) < 4.78 is 5.25. The standard InChI is InChI=1S/C13H18N4OS/c1-3-12-17-10(9-19-12)7-15-13(14-2)16-8-11-5-4-6-18-11/h4-6,9H,3,7-8H2,1-2H3,(H2,14,15,16). The second kappa shape index (κ2) is 6.94. The highest BCUT2D eigenvalue weighted by atomic mass is 32.1. The van der Waals surface area contributed by atoms with Crippen molar-refractivity contribution in [2.75, 3.05) is 7.05 Å². The van der Waals surface area contributed by atoms with Crippen molar-refractivity contribution in [3.63, 3.8) is 0 Å². The molecule has 0 fully saturated rings. The molecule has 0 spiro atoms. The number of hydrogen-bond donors (Lipinski definition) is 2. The Hall–Kier alpha value is -1.82. The van der Waals surface area contributed by atoms with E-state index in [9.17, 15) is 0 Å². The highest BCUT2D eigenvalue weighted by molar-refractivity contribution is 7.09. The van der Waals surface area contributed by atoms with Gasteiger partial charge in [-0.25, -0.2) is 4.98 Å². The minimum Gasteiger partial charge on any atom is -0.467 e. The molecule has 19 heavy (non-hydrogen) atoms. The highest BCUT2D eigenvalue weighted by Gasteiger charge is 2.03. The molecule has 0 saturated carbocycles. The Kier molecular flexibility index (Phi) is 4.97. The Morgan fingerprint density at radius 3 is 2.89 bits per heavy atom. The first-order valence-corrected chi connectivity index (χ1v) is 7.10. The van der Waals surface area contributed by atoms with Gasteiger partial charge in [-0.1, -0.05) is 6.92 Å². The molecule has 2 N–H and O–H groups in total. The fourth-order valence-corrected chi connectivity index (χ4v) is 2.32. The zero-order valence-electron chi connectivity index (χ0n) is 11.1. The first-order chi connectivity index (χ1) is 9.31. The highest BCUT2D eigenvalue weighted by Crippen LogP contribution is 2.09. The van der Waals surface area contributed by atoms with Gasteiger partial charge in [0.15, 0.2) is 5.96 Å². The number of furan rings is 1. The quantitative estimate of drug-likeness (QED) is 0.650. The molecule has 0 aromatic carbocycles. The van der Waals surface area contributed by atoms with Gasteiger partial charge in [-0.3, -0.25) is 4.99 Å². The summed E-state index contributed by atoms with van der Waals surface area (Å²) in [5.41, 5.74) is 1.04.